The average molecular weight is 272 g/mol. The first-order valence-corrected chi connectivity index (χ1v) is 5.98. The van der Waals surface area contributed by atoms with Crippen LogP contribution in [0.4, 0.5) is 0 Å². The predicted octanol–water partition coefficient (Wildman–Crippen LogP) is 2.13. The molecule has 102 valence electrons. The van der Waals surface area contributed by atoms with Crippen molar-refractivity contribution < 1.29 is 25.2 Å². The normalized spacial score (nSPS) is 20.4. The van der Waals surface area contributed by atoms with Crippen LogP contribution >= 0.6 is 0 Å². The number of fused-ring (bicyclic) bond motifs is 1. The Morgan fingerprint density at radius 1 is 1.00 bits per heavy atom. The number of aliphatic hydroxyl groups is 2. The zero-order valence-electron chi connectivity index (χ0n) is 10.3. The summed E-state index contributed by atoms with van der Waals surface area (Å²) in [6.45, 7) is 0. The van der Waals surface area contributed by atoms with E-state index in [-0.39, 0.29) is 28.8 Å². The highest BCUT2D eigenvalue weighted by Crippen LogP contribution is 2.40. The van der Waals surface area contributed by atoms with Gasteiger partial charge in [0.15, 0.2) is 11.5 Å². The molecule has 4 N–H and O–H groups in total. The van der Waals surface area contributed by atoms with E-state index in [4.69, 9.17) is 4.74 Å². The van der Waals surface area contributed by atoms with Crippen LogP contribution in [0.1, 0.15) is 5.56 Å². The maximum absolute atomic E-state index is 10.0. The van der Waals surface area contributed by atoms with Crippen molar-refractivity contribution in [3.05, 3.63) is 59.1 Å². The first-order valence-electron chi connectivity index (χ1n) is 5.98. The summed E-state index contributed by atoms with van der Waals surface area (Å²) in [5.74, 6) is -0.0110. The molecule has 0 radical (unpaired) electrons. The van der Waals surface area contributed by atoms with Crippen LogP contribution in [-0.2, 0) is 0 Å². The van der Waals surface area contributed by atoms with Gasteiger partial charge in [0, 0.05) is 17.7 Å². The molecule has 0 spiro atoms. The second-order valence-electron chi connectivity index (χ2n) is 4.50. The first kappa shape index (κ1) is 12.4. The zero-order valence-corrected chi connectivity index (χ0v) is 10.3. The Morgan fingerprint density at radius 2 is 1.70 bits per heavy atom. The van der Waals surface area contributed by atoms with Crippen LogP contribution in [-0.4, -0.2) is 26.5 Å². The van der Waals surface area contributed by atoms with E-state index in [0.717, 1.165) is 0 Å². The lowest BCUT2D eigenvalue weighted by Gasteiger charge is -2.20. The van der Waals surface area contributed by atoms with E-state index in [1.165, 1.54) is 18.2 Å². The van der Waals surface area contributed by atoms with E-state index >= 15 is 0 Å². The number of allylic oxidation sites excluding steroid dienone is 3. The maximum atomic E-state index is 10.0. The molecule has 1 aromatic carbocycles. The molecule has 0 bridgehead atoms. The molecule has 1 aliphatic carbocycles. The highest BCUT2D eigenvalue weighted by atomic mass is 16.5. The third kappa shape index (κ3) is 2.04. The van der Waals surface area contributed by atoms with E-state index in [9.17, 15) is 20.4 Å². The molecule has 1 aromatic rings. The van der Waals surface area contributed by atoms with Crippen LogP contribution in [0, 0.1) is 0 Å². The summed E-state index contributed by atoms with van der Waals surface area (Å²) in [4.78, 5) is 0. The number of phenolic OH excluding ortho intramolecular Hbond substituents is 2. The zero-order chi connectivity index (χ0) is 14.3. The molecule has 0 saturated carbocycles. The number of aliphatic hydroxyl groups excluding tert-OH is 2. The number of ether oxygens (including phenoxy) is 1. The Balaban J connectivity index is 2.10. The lowest BCUT2D eigenvalue weighted by molar-refractivity contribution is 0.270. The molecule has 0 fully saturated rings. The minimum Gasteiger partial charge on any atom is -0.508 e. The number of benzene rings is 1. The first-order chi connectivity index (χ1) is 9.54. The Bertz CT molecular complexity index is 678. The SMILES string of the molecule is OC1=Cc2c(O)cc(O)cc2OC1=C1C=CC(O)C=C1. The van der Waals surface area contributed by atoms with Crippen molar-refractivity contribution in [1.29, 1.82) is 0 Å². The molecule has 1 heterocycles. The summed E-state index contributed by atoms with van der Waals surface area (Å²) in [5.41, 5.74) is 0.881. The Morgan fingerprint density at radius 3 is 2.40 bits per heavy atom. The third-order valence-corrected chi connectivity index (χ3v) is 3.04. The summed E-state index contributed by atoms with van der Waals surface area (Å²) in [6.07, 6.45) is 7.05. The van der Waals surface area contributed by atoms with Gasteiger partial charge in [-0.05, 0) is 6.08 Å². The number of rotatable bonds is 0. The fourth-order valence-corrected chi connectivity index (χ4v) is 2.07. The summed E-state index contributed by atoms with van der Waals surface area (Å²) in [5, 5.41) is 38.5. The van der Waals surface area contributed by atoms with E-state index < -0.39 is 6.10 Å². The second-order valence-corrected chi connectivity index (χ2v) is 4.50. The van der Waals surface area contributed by atoms with Gasteiger partial charge >= 0.3 is 0 Å². The van der Waals surface area contributed by atoms with Crippen molar-refractivity contribution in [2.75, 3.05) is 0 Å². The third-order valence-electron chi connectivity index (χ3n) is 3.04. The van der Waals surface area contributed by atoms with Gasteiger partial charge in [-0.25, -0.2) is 0 Å². The maximum Gasteiger partial charge on any atom is 0.176 e. The monoisotopic (exact) mass is 272 g/mol. The standard InChI is InChI=1S/C15H12O5/c16-9-3-1-8(2-4-9)15-13(19)7-11-12(18)5-10(17)6-14(11)20-15/h1-7,9,16-19H. The number of aromatic hydroxyl groups is 2. The Kier molecular flexibility index (Phi) is 2.76. The minimum atomic E-state index is -0.658. The van der Waals surface area contributed by atoms with Crippen LogP contribution in [0.3, 0.4) is 0 Å². The molecule has 5 nitrogen and oxygen atoms in total. The molecule has 0 unspecified atom stereocenters. The van der Waals surface area contributed by atoms with Gasteiger partial charge < -0.3 is 25.2 Å². The largest absolute Gasteiger partial charge is 0.508 e. The van der Waals surface area contributed by atoms with Crippen LogP contribution in [0.15, 0.2) is 53.5 Å². The van der Waals surface area contributed by atoms with Gasteiger partial charge in [0.2, 0.25) is 0 Å². The summed E-state index contributed by atoms with van der Waals surface area (Å²) >= 11 is 0. The quantitative estimate of drug-likeness (QED) is 0.581. The molecule has 2 aliphatic rings. The van der Waals surface area contributed by atoms with Crippen molar-refractivity contribution in [2.45, 2.75) is 6.10 Å². The predicted molar refractivity (Wildman–Crippen MR) is 72.3 cm³/mol. The molecule has 20 heavy (non-hydrogen) atoms. The molecule has 0 aromatic heterocycles. The fraction of sp³-hybridized carbons (Fsp3) is 0.0667. The van der Waals surface area contributed by atoms with Crippen LogP contribution < -0.4 is 4.74 Å². The number of hydrogen-bond donors (Lipinski definition) is 4. The molecule has 0 saturated heterocycles. The molecule has 0 atom stereocenters. The van der Waals surface area contributed by atoms with Crippen molar-refractivity contribution >= 4 is 6.08 Å². The second kappa shape index (κ2) is 4.47. The van der Waals surface area contributed by atoms with Crippen molar-refractivity contribution in [3.63, 3.8) is 0 Å². The smallest absolute Gasteiger partial charge is 0.176 e. The number of hydrogen-bond acceptors (Lipinski definition) is 5. The van der Waals surface area contributed by atoms with Gasteiger partial charge in [0.05, 0.1) is 11.7 Å². The summed E-state index contributed by atoms with van der Waals surface area (Å²) < 4.78 is 5.54. The minimum absolute atomic E-state index is 0.134. The molecule has 1 aliphatic heterocycles. The highest BCUT2D eigenvalue weighted by Gasteiger charge is 2.22. The van der Waals surface area contributed by atoms with E-state index in [1.807, 2.05) is 0 Å². The van der Waals surface area contributed by atoms with Gasteiger partial charge in [-0.1, -0.05) is 24.3 Å². The lowest BCUT2D eigenvalue weighted by Crippen LogP contribution is -2.09. The Labute approximate surface area is 114 Å². The van der Waals surface area contributed by atoms with E-state index in [2.05, 4.69) is 0 Å². The van der Waals surface area contributed by atoms with Crippen molar-refractivity contribution in [2.24, 2.45) is 0 Å². The van der Waals surface area contributed by atoms with Gasteiger partial charge in [-0.2, -0.15) is 0 Å². The van der Waals surface area contributed by atoms with Crippen LogP contribution in [0.2, 0.25) is 0 Å². The van der Waals surface area contributed by atoms with Gasteiger partial charge in [0.1, 0.15) is 17.2 Å². The molecule has 3 rings (SSSR count). The topological polar surface area (TPSA) is 90.2 Å². The van der Waals surface area contributed by atoms with Crippen molar-refractivity contribution in [3.8, 4) is 17.2 Å². The highest BCUT2D eigenvalue weighted by molar-refractivity contribution is 5.72. The van der Waals surface area contributed by atoms with E-state index in [0.29, 0.717) is 11.1 Å². The lowest BCUT2D eigenvalue weighted by atomic mass is 10.0. The van der Waals surface area contributed by atoms with Crippen LogP contribution in [0.25, 0.3) is 6.08 Å². The van der Waals surface area contributed by atoms with Gasteiger partial charge in [-0.3, -0.25) is 0 Å². The van der Waals surface area contributed by atoms with Gasteiger partial charge in [-0.15, -0.1) is 0 Å². The average Bonchev–Trinajstić information content (AvgIpc) is 2.40. The molecular formula is C15H12O5. The molecule has 5 heteroatoms. The van der Waals surface area contributed by atoms with Gasteiger partial charge in [0.25, 0.3) is 0 Å². The Hall–Kier alpha value is -2.66. The summed E-state index contributed by atoms with van der Waals surface area (Å²) in [6, 6.07) is 2.52. The summed E-state index contributed by atoms with van der Waals surface area (Å²) in [7, 11) is 0. The molecular weight excluding hydrogens is 260 g/mol. The van der Waals surface area contributed by atoms with E-state index in [1.54, 1.807) is 24.3 Å². The van der Waals surface area contributed by atoms with Crippen LogP contribution in [0.5, 0.6) is 17.2 Å². The van der Waals surface area contributed by atoms with Crippen molar-refractivity contribution in [1.82, 2.24) is 0 Å². The number of phenols is 2. The molecule has 0 amide bonds. The fourth-order valence-electron chi connectivity index (χ4n) is 2.07.